The van der Waals surface area contributed by atoms with Gasteiger partial charge in [-0.15, -0.1) is 0 Å². The molecule has 3 rings (SSSR count). The number of hydrogen-bond donors (Lipinski definition) is 0. The normalized spacial score (nSPS) is 23.0. The molecule has 0 aliphatic carbocycles. The van der Waals surface area contributed by atoms with Gasteiger partial charge in [0, 0.05) is 19.5 Å². The van der Waals surface area contributed by atoms with Crippen LogP contribution in [-0.4, -0.2) is 35.8 Å². The van der Waals surface area contributed by atoms with Gasteiger partial charge in [0.15, 0.2) is 0 Å². The maximum Gasteiger partial charge on any atom is 0.249 e. The number of rotatable bonds is 1. The molecule has 1 aromatic rings. The van der Waals surface area contributed by atoms with Crippen LogP contribution in [0.1, 0.15) is 31.2 Å². The molecule has 0 radical (unpaired) electrons. The average Bonchev–Trinajstić information content (AvgIpc) is 2.61. The molecule has 2 amide bonds. The molecule has 0 aromatic heterocycles. The molecule has 2 aliphatic heterocycles. The highest BCUT2D eigenvalue weighted by Gasteiger charge is 2.38. The standard InChI is InChI=1S/C16H19FN2O2/c1-11-5-6-12(17)14(10-11)19-9-7-15(20)18-8-3-2-4-13(18)16(19)21/h5-6,10,13H,2-4,7-9H2,1H3. The molecule has 2 heterocycles. The van der Waals surface area contributed by atoms with Crippen LogP contribution in [-0.2, 0) is 9.59 Å². The van der Waals surface area contributed by atoms with Crippen LogP contribution in [0.3, 0.4) is 0 Å². The summed E-state index contributed by atoms with van der Waals surface area (Å²) < 4.78 is 14.1. The van der Waals surface area contributed by atoms with E-state index in [-0.39, 0.29) is 24.8 Å². The zero-order valence-corrected chi connectivity index (χ0v) is 12.1. The van der Waals surface area contributed by atoms with E-state index in [9.17, 15) is 14.0 Å². The predicted molar refractivity (Wildman–Crippen MR) is 77.5 cm³/mol. The summed E-state index contributed by atoms with van der Waals surface area (Å²) in [5.74, 6) is -0.556. The molecule has 0 spiro atoms. The second kappa shape index (κ2) is 5.47. The number of carbonyl (C=O) groups is 2. The topological polar surface area (TPSA) is 40.6 Å². The summed E-state index contributed by atoms with van der Waals surface area (Å²) in [6.45, 7) is 2.76. The highest BCUT2D eigenvalue weighted by atomic mass is 19.1. The van der Waals surface area contributed by atoms with Crippen LogP contribution in [0.4, 0.5) is 10.1 Å². The Kier molecular flexibility index (Phi) is 3.66. The van der Waals surface area contributed by atoms with Gasteiger partial charge >= 0.3 is 0 Å². The third-order valence-electron chi connectivity index (χ3n) is 4.32. The molecule has 112 valence electrons. The molecule has 0 saturated carbocycles. The Balaban J connectivity index is 1.97. The molecule has 2 saturated heterocycles. The SMILES string of the molecule is Cc1ccc(F)c(N2CCC(=O)N3CCCCC3C2=O)c1. The number of nitrogens with zero attached hydrogens (tertiary/aromatic N) is 2. The largest absolute Gasteiger partial charge is 0.331 e. The number of hydrogen-bond acceptors (Lipinski definition) is 2. The molecular formula is C16H19FN2O2. The molecule has 1 atom stereocenters. The minimum atomic E-state index is -0.423. The van der Waals surface area contributed by atoms with Crippen molar-refractivity contribution in [3.05, 3.63) is 29.6 Å². The first-order chi connectivity index (χ1) is 10.1. The van der Waals surface area contributed by atoms with Crippen LogP contribution in [0.5, 0.6) is 0 Å². The lowest BCUT2D eigenvalue weighted by Crippen LogP contribution is -2.50. The number of benzene rings is 1. The number of halogens is 1. The van der Waals surface area contributed by atoms with Crippen molar-refractivity contribution in [1.29, 1.82) is 0 Å². The Hall–Kier alpha value is -1.91. The van der Waals surface area contributed by atoms with Gasteiger partial charge in [0.25, 0.3) is 0 Å². The Morgan fingerprint density at radius 1 is 1.19 bits per heavy atom. The molecule has 0 N–H and O–H groups in total. The minimum Gasteiger partial charge on any atom is -0.331 e. The van der Waals surface area contributed by atoms with Gasteiger partial charge in [-0.1, -0.05) is 6.07 Å². The van der Waals surface area contributed by atoms with E-state index in [1.165, 1.54) is 11.0 Å². The van der Waals surface area contributed by atoms with Gasteiger partial charge in [0.1, 0.15) is 11.9 Å². The second-order valence-electron chi connectivity index (χ2n) is 5.79. The first-order valence-corrected chi connectivity index (χ1v) is 7.45. The zero-order valence-electron chi connectivity index (χ0n) is 12.1. The Morgan fingerprint density at radius 2 is 2.00 bits per heavy atom. The molecule has 5 heteroatoms. The average molecular weight is 290 g/mol. The molecule has 1 aromatic carbocycles. The van der Waals surface area contributed by atoms with E-state index in [0.29, 0.717) is 18.7 Å². The maximum absolute atomic E-state index is 14.1. The third-order valence-corrected chi connectivity index (χ3v) is 4.32. The fourth-order valence-corrected chi connectivity index (χ4v) is 3.20. The van der Waals surface area contributed by atoms with Crippen LogP contribution in [0.2, 0.25) is 0 Å². The number of fused-ring (bicyclic) bond motifs is 1. The molecule has 0 bridgehead atoms. The van der Waals surface area contributed by atoms with Crippen LogP contribution < -0.4 is 4.90 Å². The molecule has 21 heavy (non-hydrogen) atoms. The molecular weight excluding hydrogens is 271 g/mol. The predicted octanol–water partition coefficient (Wildman–Crippen LogP) is 2.25. The van der Waals surface area contributed by atoms with Gasteiger partial charge in [0.05, 0.1) is 5.69 Å². The van der Waals surface area contributed by atoms with E-state index in [1.54, 1.807) is 17.0 Å². The van der Waals surface area contributed by atoms with Gasteiger partial charge in [-0.25, -0.2) is 4.39 Å². The molecule has 4 nitrogen and oxygen atoms in total. The maximum atomic E-state index is 14.1. The fraction of sp³-hybridized carbons (Fsp3) is 0.500. The fourth-order valence-electron chi connectivity index (χ4n) is 3.20. The number of aryl methyl sites for hydroxylation is 1. The van der Waals surface area contributed by atoms with Gasteiger partial charge < -0.3 is 9.80 Å². The number of piperidine rings is 1. The van der Waals surface area contributed by atoms with Crippen LogP contribution >= 0.6 is 0 Å². The van der Waals surface area contributed by atoms with E-state index >= 15 is 0 Å². The van der Waals surface area contributed by atoms with Gasteiger partial charge in [-0.3, -0.25) is 9.59 Å². The highest BCUT2D eigenvalue weighted by Crippen LogP contribution is 2.28. The van der Waals surface area contributed by atoms with E-state index in [2.05, 4.69) is 0 Å². The molecule has 1 unspecified atom stereocenters. The van der Waals surface area contributed by atoms with Gasteiger partial charge in [0.2, 0.25) is 11.8 Å². The number of anilines is 1. The van der Waals surface area contributed by atoms with E-state index in [0.717, 1.165) is 18.4 Å². The van der Waals surface area contributed by atoms with Crippen LogP contribution in [0, 0.1) is 12.7 Å². The summed E-state index contributed by atoms with van der Waals surface area (Å²) in [7, 11) is 0. The van der Waals surface area contributed by atoms with E-state index < -0.39 is 11.9 Å². The number of carbonyl (C=O) groups excluding carboxylic acids is 2. The van der Waals surface area contributed by atoms with Crippen molar-refractivity contribution in [3.8, 4) is 0 Å². The van der Waals surface area contributed by atoms with Crippen molar-refractivity contribution >= 4 is 17.5 Å². The van der Waals surface area contributed by atoms with Gasteiger partial charge in [-0.05, 0) is 43.9 Å². The first kappa shape index (κ1) is 14.0. The van der Waals surface area contributed by atoms with Crippen molar-refractivity contribution in [3.63, 3.8) is 0 Å². The smallest absolute Gasteiger partial charge is 0.249 e. The Bertz CT molecular complexity index is 588. The van der Waals surface area contributed by atoms with Crippen molar-refractivity contribution in [2.75, 3.05) is 18.0 Å². The summed E-state index contributed by atoms with van der Waals surface area (Å²) in [4.78, 5) is 28.1. The Labute approximate surface area is 123 Å². The summed E-state index contributed by atoms with van der Waals surface area (Å²) in [6.07, 6.45) is 2.81. The van der Waals surface area contributed by atoms with Crippen LogP contribution in [0.25, 0.3) is 0 Å². The highest BCUT2D eigenvalue weighted by molar-refractivity contribution is 6.01. The van der Waals surface area contributed by atoms with E-state index in [4.69, 9.17) is 0 Å². The molecule has 2 fully saturated rings. The van der Waals surface area contributed by atoms with E-state index in [1.807, 2.05) is 6.92 Å². The third kappa shape index (κ3) is 2.52. The summed E-state index contributed by atoms with van der Waals surface area (Å²) in [5.41, 5.74) is 1.19. The van der Waals surface area contributed by atoms with Crippen molar-refractivity contribution < 1.29 is 14.0 Å². The lowest BCUT2D eigenvalue weighted by atomic mass is 10.0. The van der Waals surface area contributed by atoms with Crippen LogP contribution in [0.15, 0.2) is 18.2 Å². The quantitative estimate of drug-likeness (QED) is 0.796. The molecule has 2 aliphatic rings. The lowest BCUT2D eigenvalue weighted by molar-refractivity contribution is -0.139. The van der Waals surface area contributed by atoms with Crippen molar-refractivity contribution in [1.82, 2.24) is 4.90 Å². The van der Waals surface area contributed by atoms with Crippen molar-refractivity contribution in [2.45, 2.75) is 38.6 Å². The second-order valence-corrected chi connectivity index (χ2v) is 5.79. The monoisotopic (exact) mass is 290 g/mol. The van der Waals surface area contributed by atoms with Gasteiger partial charge in [-0.2, -0.15) is 0 Å². The first-order valence-electron chi connectivity index (χ1n) is 7.45. The van der Waals surface area contributed by atoms with Crippen molar-refractivity contribution in [2.24, 2.45) is 0 Å². The summed E-state index contributed by atoms with van der Waals surface area (Å²) >= 11 is 0. The zero-order chi connectivity index (χ0) is 15.0. The summed E-state index contributed by atoms with van der Waals surface area (Å²) in [5, 5.41) is 0. The minimum absolute atomic E-state index is 0.00334. The number of amides is 2. The Morgan fingerprint density at radius 3 is 2.81 bits per heavy atom. The lowest BCUT2D eigenvalue weighted by Gasteiger charge is -2.34. The summed E-state index contributed by atoms with van der Waals surface area (Å²) in [6, 6.07) is 4.31.